The van der Waals surface area contributed by atoms with Crippen LogP contribution in [0.2, 0.25) is 0 Å². The Morgan fingerprint density at radius 3 is 2.70 bits per heavy atom. The second-order valence-corrected chi connectivity index (χ2v) is 7.68. The molecular formula is C16H24N2O4S. The standard InChI is InChI=1S/C16H24N2O4S/c1-3-16(2)13-22-12-11-18(16)15(19)9-10-17-23(20,21)14-7-5-4-6-8-14/h4-8,17H,3,9-13H2,1-2H3/t16-/m1/s1. The number of carbonyl (C=O) groups excluding carboxylic acids is 1. The van der Waals surface area contributed by atoms with Crippen molar-refractivity contribution in [3.05, 3.63) is 30.3 Å². The molecule has 1 aliphatic rings. The quantitative estimate of drug-likeness (QED) is 0.849. The number of benzene rings is 1. The molecule has 0 radical (unpaired) electrons. The lowest BCUT2D eigenvalue weighted by Gasteiger charge is -2.44. The number of sulfonamides is 1. The molecule has 1 aliphatic heterocycles. The van der Waals surface area contributed by atoms with Crippen LogP contribution in [0.5, 0.6) is 0 Å². The number of rotatable bonds is 6. The van der Waals surface area contributed by atoms with Gasteiger partial charge in [-0.15, -0.1) is 0 Å². The van der Waals surface area contributed by atoms with Crippen LogP contribution in [0, 0.1) is 0 Å². The molecule has 0 spiro atoms. The highest BCUT2D eigenvalue weighted by molar-refractivity contribution is 7.89. The van der Waals surface area contributed by atoms with E-state index in [1.807, 2.05) is 18.7 Å². The lowest BCUT2D eigenvalue weighted by atomic mass is 9.95. The van der Waals surface area contributed by atoms with Gasteiger partial charge < -0.3 is 9.64 Å². The SMILES string of the molecule is CC[C@]1(C)COCCN1C(=O)CCNS(=O)(=O)c1ccccc1. The van der Waals surface area contributed by atoms with E-state index in [0.29, 0.717) is 19.8 Å². The molecule has 7 heteroatoms. The predicted octanol–water partition coefficient (Wildman–Crippen LogP) is 1.38. The topological polar surface area (TPSA) is 75.7 Å². The predicted molar refractivity (Wildman–Crippen MR) is 87.5 cm³/mol. The normalized spacial score (nSPS) is 22.1. The average molecular weight is 340 g/mol. The number of hydrogen-bond donors (Lipinski definition) is 1. The molecule has 0 saturated carbocycles. The smallest absolute Gasteiger partial charge is 0.240 e. The van der Waals surface area contributed by atoms with Crippen LogP contribution in [0.4, 0.5) is 0 Å². The van der Waals surface area contributed by atoms with Gasteiger partial charge in [-0.05, 0) is 25.5 Å². The number of nitrogens with zero attached hydrogens (tertiary/aromatic N) is 1. The second kappa shape index (κ2) is 7.42. The largest absolute Gasteiger partial charge is 0.377 e. The Bertz CT molecular complexity index is 633. The maximum Gasteiger partial charge on any atom is 0.240 e. The number of morpholine rings is 1. The number of amides is 1. The molecule has 1 amide bonds. The van der Waals surface area contributed by atoms with Gasteiger partial charge in [-0.2, -0.15) is 0 Å². The minimum absolute atomic E-state index is 0.0478. The number of carbonyl (C=O) groups is 1. The molecule has 2 rings (SSSR count). The molecule has 0 aliphatic carbocycles. The van der Waals surface area contributed by atoms with Crippen LogP contribution in [0.25, 0.3) is 0 Å². The van der Waals surface area contributed by atoms with E-state index in [4.69, 9.17) is 4.74 Å². The first-order valence-electron chi connectivity index (χ1n) is 7.82. The maximum atomic E-state index is 12.4. The van der Waals surface area contributed by atoms with Gasteiger partial charge in [-0.1, -0.05) is 25.1 Å². The number of ether oxygens (including phenoxy) is 1. The van der Waals surface area contributed by atoms with Crippen molar-refractivity contribution in [1.82, 2.24) is 9.62 Å². The second-order valence-electron chi connectivity index (χ2n) is 5.91. The van der Waals surface area contributed by atoms with E-state index in [1.165, 1.54) is 12.1 Å². The Hall–Kier alpha value is -1.44. The summed E-state index contributed by atoms with van der Waals surface area (Å²) in [5.41, 5.74) is -0.312. The van der Waals surface area contributed by atoms with Gasteiger partial charge in [0.2, 0.25) is 15.9 Å². The Labute approximate surface area is 137 Å². The van der Waals surface area contributed by atoms with Gasteiger partial charge in [0.15, 0.2) is 0 Å². The summed E-state index contributed by atoms with van der Waals surface area (Å²) in [7, 11) is -3.57. The molecule has 1 aromatic rings. The Morgan fingerprint density at radius 2 is 2.04 bits per heavy atom. The van der Waals surface area contributed by atoms with Crippen molar-refractivity contribution in [3.8, 4) is 0 Å². The highest BCUT2D eigenvalue weighted by Gasteiger charge is 2.36. The Morgan fingerprint density at radius 1 is 1.35 bits per heavy atom. The summed E-state index contributed by atoms with van der Waals surface area (Å²) < 4.78 is 32.2. The van der Waals surface area contributed by atoms with Crippen molar-refractivity contribution >= 4 is 15.9 Å². The summed E-state index contributed by atoms with van der Waals surface area (Å²) in [4.78, 5) is 14.4. The summed E-state index contributed by atoms with van der Waals surface area (Å²) in [5, 5.41) is 0. The summed E-state index contributed by atoms with van der Waals surface area (Å²) in [6, 6.07) is 8.15. The molecule has 1 aromatic carbocycles. The molecule has 1 atom stereocenters. The molecule has 0 aromatic heterocycles. The molecule has 23 heavy (non-hydrogen) atoms. The van der Waals surface area contributed by atoms with Crippen LogP contribution < -0.4 is 4.72 Å². The lowest BCUT2D eigenvalue weighted by Crippen LogP contribution is -2.57. The molecule has 0 unspecified atom stereocenters. The van der Waals surface area contributed by atoms with Gasteiger partial charge in [0, 0.05) is 19.5 Å². The van der Waals surface area contributed by atoms with E-state index >= 15 is 0 Å². The van der Waals surface area contributed by atoms with Gasteiger partial charge in [-0.25, -0.2) is 13.1 Å². The molecule has 0 bridgehead atoms. The minimum atomic E-state index is -3.57. The third-order valence-corrected chi connectivity index (χ3v) is 5.75. The fourth-order valence-corrected chi connectivity index (χ4v) is 3.68. The van der Waals surface area contributed by atoms with Crippen molar-refractivity contribution < 1.29 is 17.9 Å². The summed E-state index contributed by atoms with van der Waals surface area (Å²) in [5.74, 6) is -0.0478. The zero-order valence-electron chi connectivity index (χ0n) is 13.6. The fourth-order valence-electron chi connectivity index (χ4n) is 2.62. The molecular weight excluding hydrogens is 316 g/mol. The first kappa shape index (κ1) is 17.9. The van der Waals surface area contributed by atoms with Crippen molar-refractivity contribution in [2.45, 2.75) is 37.1 Å². The fraction of sp³-hybridized carbons (Fsp3) is 0.562. The summed E-state index contributed by atoms with van der Waals surface area (Å²) >= 11 is 0. The first-order chi connectivity index (χ1) is 10.9. The zero-order chi connectivity index (χ0) is 16.9. The van der Waals surface area contributed by atoms with E-state index in [2.05, 4.69) is 4.72 Å². The average Bonchev–Trinajstić information content (AvgIpc) is 2.56. The molecule has 128 valence electrons. The van der Waals surface area contributed by atoms with E-state index < -0.39 is 10.0 Å². The van der Waals surface area contributed by atoms with Crippen LogP contribution >= 0.6 is 0 Å². The van der Waals surface area contributed by atoms with Gasteiger partial charge in [0.1, 0.15) is 0 Å². The van der Waals surface area contributed by atoms with E-state index in [-0.39, 0.29) is 29.3 Å². The van der Waals surface area contributed by atoms with E-state index in [1.54, 1.807) is 18.2 Å². The van der Waals surface area contributed by atoms with Gasteiger partial charge in [0.05, 0.1) is 23.6 Å². The van der Waals surface area contributed by atoms with Crippen LogP contribution in [-0.4, -0.2) is 51.1 Å². The summed E-state index contributed by atoms with van der Waals surface area (Å²) in [6.07, 6.45) is 0.941. The van der Waals surface area contributed by atoms with Gasteiger partial charge >= 0.3 is 0 Å². The molecule has 1 heterocycles. The van der Waals surface area contributed by atoms with Crippen molar-refractivity contribution in [3.63, 3.8) is 0 Å². The van der Waals surface area contributed by atoms with Crippen LogP contribution in [0.15, 0.2) is 35.2 Å². The van der Waals surface area contributed by atoms with Crippen LogP contribution in [0.1, 0.15) is 26.7 Å². The van der Waals surface area contributed by atoms with Gasteiger partial charge in [0.25, 0.3) is 0 Å². The highest BCUT2D eigenvalue weighted by Crippen LogP contribution is 2.24. The van der Waals surface area contributed by atoms with Crippen molar-refractivity contribution in [2.75, 3.05) is 26.3 Å². The molecule has 6 nitrogen and oxygen atoms in total. The lowest BCUT2D eigenvalue weighted by molar-refractivity contribution is -0.148. The Kier molecular flexibility index (Phi) is 5.78. The van der Waals surface area contributed by atoms with Crippen molar-refractivity contribution in [2.24, 2.45) is 0 Å². The number of hydrogen-bond acceptors (Lipinski definition) is 4. The highest BCUT2D eigenvalue weighted by atomic mass is 32.2. The first-order valence-corrected chi connectivity index (χ1v) is 9.30. The minimum Gasteiger partial charge on any atom is -0.377 e. The van der Waals surface area contributed by atoms with E-state index in [0.717, 1.165) is 6.42 Å². The van der Waals surface area contributed by atoms with Crippen LogP contribution in [0.3, 0.4) is 0 Å². The molecule has 1 N–H and O–H groups in total. The molecule has 1 saturated heterocycles. The third-order valence-electron chi connectivity index (χ3n) is 4.27. The van der Waals surface area contributed by atoms with Crippen LogP contribution in [-0.2, 0) is 19.6 Å². The summed E-state index contributed by atoms with van der Waals surface area (Å²) in [6.45, 7) is 5.70. The molecule has 1 fully saturated rings. The number of nitrogens with one attached hydrogen (secondary N) is 1. The third kappa shape index (κ3) is 4.31. The maximum absolute atomic E-state index is 12.4. The van der Waals surface area contributed by atoms with E-state index in [9.17, 15) is 13.2 Å². The van der Waals surface area contributed by atoms with Gasteiger partial charge in [-0.3, -0.25) is 4.79 Å². The van der Waals surface area contributed by atoms with Crippen molar-refractivity contribution in [1.29, 1.82) is 0 Å². The monoisotopic (exact) mass is 340 g/mol. The zero-order valence-corrected chi connectivity index (χ0v) is 14.4. The Balaban J connectivity index is 1.92.